The lowest BCUT2D eigenvalue weighted by molar-refractivity contribution is -0.359. The highest BCUT2D eigenvalue weighted by atomic mass is 16.7. The molecular formula is C54H87NO13. The van der Waals surface area contributed by atoms with E-state index in [-0.39, 0.29) is 18.9 Å². The van der Waals surface area contributed by atoms with Crippen LogP contribution in [0, 0.1) is 0 Å². The minimum atomic E-state index is -1.80. The highest BCUT2D eigenvalue weighted by molar-refractivity contribution is 5.76. The second-order valence-corrected chi connectivity index (χ2v) is 17.2. The maximum absolute atomic E-state index is 13.1. The van der Waals surface area contributed by atoms with Gasteiger partial charge in [-0.15, -0.1) is 0 Å². The van der Waals surface area contributed by atoms with Gasteiger partial charge in [0.25, 0.3) is 0 Å². The summed E-state index contributed by atoms with van der Waals surface area (Å²) in [5, 5.41) is 86.3. The average molecular weight is 958 g/mol. The predicted molar refractivity (Wildman–Crippen MR) is 267 cm³/mol. The molecule has 12 atom stereocenters. The monoisotopic (exact) mass is 958 g/mol. The smallest absolute Gasteiger partial charge is 0.220 e. The van der Waals surface area contributed by atoms with Crippen molar-refractivity contribution in [3.63, 3.8) is 0 Å². The van der Waals surface area contributed by atoms with Gasteiger partial charge in [-0.25, -0.2) is 0 Å². The molecule has 9 N–H and O–H groups in total. The third kappa shape index (κ3) is 26.0. The van der Waals surface area contributed by atoms with Crippen LogP contribution >= 0.6 is 0 Å². The van der Waals surface area contributed by atoms with E-state index in [1.54, 1.807) is 6.08 Å². The number of carbonyl (C=O) groups excluding carboxylic acids is 1. The Labute approximate surface area is 406 Å². The van der Waals surface area contributed by atoms with E-state index < -0.39 is 86.8 Å². The van der Waals surface area contributed by atoms with Gasteiger partial charge in [-0.1, -0.05) is 149 Å². The van der Waals surface area contributed by atoms with Crippen molar-refractivity contribution in [3.8, 4) is 0 Å². The van der Waals surface area contributed by atoms with Gasteiger partial charge in [-0.2, -0.15) is 0 Å². The molecule has 0 bridgehead atoms. The Morgan fingerprint density at radius 3 is 1.60 bits per heavy atom. The molecule has 2 rings (SSSR count). The fraction of sp³-hybridized carbons (Fsp3) is 0.648. The Hall–Kier alpha value is -3.35. The number of ether oxygens (including phenoxy) is 4. The van der Waals surface area contributed by atoms with Crippen molar-refractivity contribution in [1.82, 2.24) is 5.32 Å². The van der Waals surface area contributed by atoms with Crippen LogP contribution in [0.5, 0.6) is 0 Å². The molecule has 0 saturated carbocycles. The third-order valence-corrected chi connectivity index (χ3v) is 11.4. The molecule has 2 aliphatic heterocycles. The fourth-order valence-corrected chi connectivity index (χ4v) is 7.35. The van der Waals surface area contributed by atoms with Gasteiger partial charge in [0.05, 0.1) is 32.0 Å². The number of carbonyl (C=O) groups is 1. The van der Waals surface area contributed by atoms with Crippen molar-refractivity contribution in [1.29, 1.82) is 0 Å². The van der Waals surface area contributed by atoms with E-state index in [2.05, 4.69) is 116 Å². The number of hydrogen-bond acceptors (Lipinski definition) is 13. The summed E-state index contributed by atoms with van der Waals surface area (Å²) in [6, 6.07) is -0.947. The largest absolute Gasteiger partial charge is 0.394 e. The number of allylic oxidation sites excluding steroid dienone is 17. The van der Waals surface area contributed by atoms with Crippen LogP contribution in [0.2, 0.25) is 0 Å². The number of aliphatic hydroxyl groups excluding tert-OH is 8. The number of amides is 1. The van der Waals surface area contributed by atoms with Crippen LogP contribution in [0.3, 0.4) is 0 Å². The predicted octanol–water partition coefficient (Wildman–Crippen LogP) is 6.54. The topological polar surface area (TPSA) is 228 Å². The van der Waals surface area contributed by atoms with E-state index in [0.717, 1.165) is 96.3 Å². The number of nitrogens with one attached hydrogen (secondary N) is 1. The minimum Gasteiger partial charge on any atom is -0.394 e. The van der Waals surface area contributed by atoms with Crippen molar-refractivity contribution in [3.05, 3.63) is 109 Å². The van der Waals surface area contributed by atoms with Crippen LogP contribution in [-0.4, -0.2) is 140 Å². The molecule has 2 saturated heterocycles. The minimum absolute atomic E-state index is 0.242. The van der Waals surface area contributed by atoms with Crippen LogP contribution in [0.1, 0.15) is 129 Å². The van der Waals surface area contributed by atoms with Crippen LogP contribution in [-0.2, 0) is 23.7 Å². The van der Waals surface area contributed by atoms with Crippen molar-refractivity contribution in [2.24, 2.45) is 0 Å². The summed E-state index contributed by atoms with van der Waals surface area (Å²) in [5.41, 5.74) is 0. The standard InChI is InChI=1S/C54H87NO13/c1-3-5-7-9-11-12-13-14-15-16-17-18-19-20-21-22-23-24-25-26-27-28-29-30-32-34-36-38-46(59)55-42(43(58)37-35-33-31-10-8-6-4-2)41-65-53-51(64)49(62)52(45(40-57)67-53)68-54-50(63)48(61)47(60)44(39-56)66-54/h5,7-8,10-12,14-15,17-18,20-21,23-24,26-27,35,37,42-45,47-54,56-58,60-64H,3-4,6,9,13,16,19,22,25,28-34,36,38-41H2,1-2H3,(H,55,59)/b7-5-,10-8+,12-11-,15-14-,18-17-,21-20-,24-23-,27-26-,37-35+. The van der Waals surface area contributed by atoms with Gasteiger partial charge in [-0.05, 0) is 83.5 Å². The quantitative estimate of drug-likeness (QED) is 0.0241. The van der Waals surface area contributed by atoms with E-state index in [0.29, 0.717) is 12.8 Å². The Morgan fingerprint density at radius 2 is 1.03 bits per heavy atom. The Balaban J connectivity index is 1.74. The van der Waals surface area contributed by atoms with E-state index in [1.807, 2.05) is 6.08 Å². The highest BCUT2D eigenvalue weighted by Gasteiger charge is 2.51. The van der Waals surface area contributed by atoms with Gasteiger partial charge in [0.2, 0.25) is 5.91 Å². The second-order valence-electron chi connectivity index (χ2n) is 17.2. The zero-order chi connectivity index (χ0) is 49.6. The molecule has 0 aliphatic carbocycles. The summed E-state index contributed by atoms with van der Waals surface area (Å²) in [6.07, 6.45) is 37.4. The Kier molecular flexibility index (Phi) is 35.2. The first-order valence-corrected chi connectivity index (χ1v) is 25.1. The molecule has 68 heavy (non-hydrogen) atoms. The molecule has 0 radical (unpaired) electrons. The molecule has 1 amide bonds. The maximum Gasteiger partial charge on any atom is 0.220 e. The first-order chi connectivity index (χ1) is 33.1. The molecule has 14 nitrogen and oxygen atoms in total. The van der Waals surface area contributed by atoms with Crippen LogP contribution < -0.4 is 5.32 Å². The summed E-state index contributed by atoms with van der Waals surface area (Å²) in [6.45, 7) is 2.48. The molecule has 0 spiro atoms. The zero-order valence-electron chi connectivity index (χ0n) is 40.8. The molecule has 14 heteroatoms. The number of aliphatic hydroxyl groups is 8. The first-order valence-electron chi connectivity index (χ1n) is 25.1. The molecule has 12 unspecified atom stereocenters. The molecule has 2 aliphatic rings. The van der Waals surface area contributed by atoms with Crippen LogP contribution in [0.25, 0.3) is 0 Å². The molecule has 2 fully saturated rings. The van der Waals surface area contributed by atoms with Gasteiger partial charge < -0.3 is 65.1 Å². The summed E-state index contributed by atoms with van der Waals surface area (Å²) in [5.74, 6) is -0.280. The summed E-state index contributed by atoms with van der Waals surface area (Å²) in [7, 11) is 0. The molecule has 386 valence electrons. The second kappa shape index (κ2) is 39.4. The lowest BCUT2D eigenvalue weighted by atomic mass is 9.97. The van der Waals surface area contributed by atoms with Crippen LogP contribution in [0.4, 0.5) is 0 Å². The van der Waals surface area contributed by atoms with Gasteiger partial charge >= 0.3 is 0 Å². The lowest BCUT2D eigenvalue weighted by Crippen LogP contribution is -2.65. The number of rotatable bonds is 36. The molecule has 0 aromatic carbocycles. The highest BCUT2D eigenvalue weighted by Crippen LogP contribution is 2.30. The normalized spacial score (nSPS) is 27.3. The van der Waals surface area contributed by atoms with Gasteiger partial charge in [0.15, 0.2) is 12.6 Å². The molecular weight excluding hydrogens is 871 g/mol. The summed E-state index contributed by atoms with van der Waals surface area (Å²) < 4.78 is 22.6. The van der Waals surface area contributed by atoms with Gasteiger partial charge in [0, 0.05) is 6.42 Å². The van der Waals surface area contributed by atoms with Crippen molar-refractivity contribution in [2.75, 3.05) is 19.8 Å². The number of unbranched alkanes of at least 4 members (excludes halogenated alkanes) is 7. The Morgan fingerprint density at radius 1 is 0.544 bits per heavy atom. The maximum atomic E-state index is 13.1. The first kappa shape index (κ1) is 60.8. The SMILES string of the molecule is CC/C=C\C/C=C\C/C=C\C/C=C\C/C=C\C/C=C\C/C=C\CCCCCCCC(=O)NC(COC1OC(CO)C(OC2OC(CO)C(O)C(O)C2O)C(O)C1O)C(O)/C=C/CC/C=C/CCC. The van der Waals surface area contributed by atoms with Crippen molar-refractivity contribution >= 4 is 5.91 Å². The third-order valence-electron chi connectivity index (χ3n) is 11.4. The average Bonchev–Trinajstić information content (AvgIpc) is 3.34. The number of hydrogen-bond donors (Lipinski definition) is 9. The van der Waals surface area contributed by atoms with Gasteiger partial charge in [0.1, 0.15) is 48.8 Å². The van der Waals surface area contributed by atoms with E-state index >= 15 is 0 Å². The Bertz CT molecular complexity index is 1550. The lowest BCUT2D eigenvalue weighted by Gasteiger charge is -2.46. The van der Waals surface area contributed by atoms with E-state index in [9.17, 15) is 45.6 Å². The fourth-order valence-electron chi connectivity index (χ4n) is 7.35. The van der Waals surface area contributed by atoms with Crippen LogP contribution in [0.15, 0.2) is 109 Å². The van der Waals surface area contributed by atoms with Gasteiger partial charge in [-0.3, -0.25) is 4.79 Å². The van der Waals surface area contributed by atoms with E-state index in [4.69, 9.17) is 18.9 Å². The zero-order valence-corrected chi connectivity index (χ0v) is 40.8. The van der Waals surface area contributed by atoms with Crippen molar-refractivity contribution in [2.45, 2.75) is 203 Å². The van der Waals surface area contributed by atoms with E-state index in [1.165, 1.54) is 0 Å². The summed E-state index contributed by atoms with van der Waals surface area (Å²) >= 11 is 0. The molecule has 0 aromatic heterocycles. The molecule has 0 aromatic rings. The van der Waals surface area contributed by atoms with Crippen molar-refractivity contribution < 1.29 is 64.6 Å². The summed E-state index contributed by atoms with van der Waals surface area (Å²) in [4.78, 5) is 13.1. The molecule has 2 heterocycles.